The van der Waals surface area contributed by atoms with Gasteiger partial charge in [0, 0.05) is 31.5 Å². The van der Waals surface area contributed by atoms with E-state index in [1.165, 1.54) is 12.1 Å². The first kappa shape index (κ1) is 14.3. The highest BCUT2D eigenvalue weighted by molar-refractivity contribution is 5.93. The summed E-state index contributed by atoms with van der Waals surface area (Å²) in [6.45, 7) is 1.48. The molecule has 0 bridgehead atoms. The van der Waals surface area contributed by atoms with Crippen molar-refractivity contribution < 1.29 is 19.9 Å². The fraction of sp³-hybridized carbons (Fsp3) is 0.462. The third-order valence-electron chi connectivity index (χ3n) is 3.55. The summed E-state index contributed by atoms with van der Waals surface area (Å²) < 4.78 is 0. The molecule has 1 saturated heterocycles. The van der Waals surface area contributed by atoms with Gasteiger partial charge in [-0.2, -0.15) is 0 Å². The lowest BCUT2D eigenvalue weighted by atomic mass is 9.98. The van der Waals surface area contributed by atoms with Crippen molar-refractivity contribution in [3.05, 3.63) is 33.9 Å². The molecule has 108 valence electrons. The number of nitro groups is 1. The zero-order valence-electron chi connectivity index (χ0n) is 10.9. The second-order valence-electron chi connectivity index (χ2n) is 4.90. The summed E-state index contributed by atoms with van der Waals surface area (Å²) in [7, 11) is 0. The number of benzene rings is 1. The molecule has 0 spiro atoms. The summed E-state index contributed by atoms with van der Waals surface area (Å²) >= 11 is 0. The van der Waals surface area contributed by atoms with Gasteiger partial charge in [-0.05, 0) is 30.9 Å². The minimum absolute atomic E-state index is 0.0925. The first-order chi connectivity index (χ1) is 9.52. The molecule has 1 unspecified atom stereocenters. The van der Waals surface area contributed by atoms with Gasteiger partial charge in [-0.1, -0.05) is 0 Å². The van der Waals surface area contributed by atoms with E-state index in [1.54, 1.807) is 6.07 Å². The number of aliphatic hydroxyl groups excluding tert-OH is 1. The van der Waals surface area contributed by atoms with Gasteiger partial charge in [-0.25, -0.2) is 4.79 Å². The van der Waals surface area contributed by atoms with Crippen molar-refractivity contribution in [1.82, 2.24) is 0 Å². The summed E-state index contributed by atoms with van der Waals surface area (Å²) in [5.41, 5.74) is -0.0678. The van der Waals surface area contributed by atoms with Gasteiger partial charge in [-0.15, -0.1) is 0 Å². The van der Waals surface area contributed by atoms with Gasteiger partial charge < -0.3 is 15.1 Å². The molecule has 1 aromatic rings. The molecular weight excluding hydrogens is 264 g/mol. The van der Waals surface area contributed by atoms with Crippen molar-refractivity contribution >= 4 is 17.3 Å². The number of hydrogen-bond donors (Lipinski definition) is 2. The lowest BCUT2D eigenvalue weighted by Crippen LogP contribution is -2.36. The predicted molar refractivity (Wildman–Crippen MR) is 72.1 cm³/mol. The van der Waals surface area contributed by atoms with Gasteiger partial charge in [0.15, 0.2) is 0 Å². The van der Waals surface area contributed by atoms with Crippen LogP contribution < -0.4 is 4.90 Å². The maximum Gasteiger partial charge on any atom is 0.342 e. The van der Waals surface area contributed by atoms with Crippen LogP contribution in [0.4, 0.5) is 11.4 Å². The van der Waals surface area contributed by atoms with Crippen molar-refractivity contribution in [1.29, 1.82) is 0 Å². The van der Waals surface area contributed by atoms with Crippen LogP contribution in [0.3, 0.4) is 0 Å². The zero-order valence-corrected chi connectivity index (χ0v) is 10.9. The maximum absolute atomic E-state index is 11.1. The molecule has 0 aromatic heterocycles. The van der Waals surface area contributed by atoms with Crippen LogP contribution in [0.15, 0.2) is 18.2 Å². The van der Waals surface area contributed by atoms with E-state index in [4.69, 9.17) is 5.11 Å². The van der Waals surface area contributed by atoms with Gasteiger partial charge in [-0.3, -0.25) is 10.1 Å². The highest BCUT2D eigenvalue weighted by Gasteiger charge is 2.24. The number of nitro benzene ring substituents is 1. The minimum atomic E-state index is -1.31. The van der Waals surface area contributed by atoms with E-state index in [1.807, 2.05) is 4.90 Å². The monoisotopic (exact) mass is 280 g/mol. The topological polar surface area (TPSA) is 104 Å². The number of anilines is 1. The average Bonchev–Trinajstić information content (AvgIpc) is 2.46. The molecule has 20 heavy (non-hydrogen) atoms. The normalized spacial score (nSPS) is 18.9. The second kappa shape index (κ2) is 5.87. The predicted octanol–water partition coefficient (Wildman–Crippen LogP) is 1.50. The lowest BCUT2D eigenvalue weighted by Gasteiger charge is -2.33. The summed E-state index contributed by atoms with van der Waals surface area (Å²) in [4.78, 5) is 23.2. The number of aromatic carboxylic acids is 1. The molecule has 2 rings (SSSR count). The molecule has 1 fully saturated rings. The summed E-state index contributed by atoms with van der Waals surface area (Å²) in [5, 5.41) is 29.1. The van der Waals surface area contributed by atoms with Gasteiger partial charge >= 0.3 is 5.97 Å². The van der Waals surface area contributed by atoms with Crippen LogP contribution in [0.1, 0.15) is 23.2 Å². The number of hydrogen-bond acceptors (Lipinski definition) is 5. The molecule has 0 amide bonds. The molecule has 7 heteroatoms. The van der Waals surface area contributed by atoms with Gasteiger partial charge in [0.2, 0.25) is 0 Å². The molecule has 1 atom stereocenters. The Bertz CT molecular complexity index is 531. The van der Waals surface area contributed by atoms with Crippen molar-refractivity contribution in [3.8, 4) is 0 Å². The van der Waals surface area contributed by atoms with Crippen LogP contribution in [0.25, 0.3) is 0 Å². The van der Waals surface area contributed by atoms with E-state index in [0.717, 1.165) is 19.4 Å². The van der Waals surface area contributed by atoms with Crippen molar-refractivity contribution in [2.24, 2.45) is 5.92 Å². The quantitative estimate of drug-likeness (QED) is 0.639. The third-order valence-corrected chi connectivity index (χ3v) is 3.55. The second-order valence-corrected chi connectivity index (χ2v) is 4.90. The minimum Gasteiger partial charge on any atom is -0.477 e. The molecule has 0 aliphatic carbocycles. The highest BCUT2D eigenvalue weighted by Crippen LogP contribution is 2.28. The van der Waals surface area contributed by atoms with E-state index in [-0.39, 0.29) is 18.1 Å². The molecule has 0 saturated carbocycles. The van der Waals surface area contributed by atoms with Crippen LogP contribution in [-0.2, 0) is 0 Å². The van der Waals surface area contributed by atoms with Crippen molar-refractivity contribution in [2.75, 3.05) is 24.6 Å². The van der Waals surface area contributed by atoms with E-state index in [2.05, 4.69) is 0 Å². The number of carboxylic acid groups (broad SMARTS) is 1. The first-order valence-corrected chi connectivity index (χ1v) is 6.40. The van der Waals surface area contributed by atoms with Crippen molar-refractivity contribution in [3.63, 3.8) is 0 Å². The lowest BCUT2D eigenvalue weighted by molar-refractivity contribution is -0.385. The largest absolute Gasteiger partial charge is 0.477 e. The Morgan fingerprint density at radius 1 is 1.50 bits per heavy atom. The van der Waals surface area contributed by atoms with E-state index in [0.29, 0.717) is 12.2 Å². The van der Waals surface area contributed by atoms with Crippen LogP contribution in [-0.4, -0.2) is 40.8 Å². The molecular formula is C13H16N2O5. The maximum atomic E-state index is 11.1. The Morgan fingerprint density at radius 2 is 2.25 bits per heavy atom. The fourth-order valence-electron chi connectivity index (χ4n) is 2.50. The fourth-order valence-corrected chi connectivity index (χ4v) is 2.50. The van der Waals surface area contributed by atoms with E-state index in [9.17, 15) is 20.0 Å². The average molecular weight is 280 g/mol. The first-order valence-electron chi connectivity index (χ1n) is 6.40. The Labute approximate surface area is 115 Å². The molecule has 0 radical (unpaired) electrons. The molecule has 1 aliphatic rings. The molecule has 2 N–H and O–H groups in total. The summed E-state index contributed by atoms with van der Waals surface area (Å²) in [6.07, 6.45) is 1.84. The van der Waals surface area contributed by atoms with Crippen LogP contribution in [0, 0.1) is 16.0 Å². The number of carbonyl (C=O) groups is 1. The SMILES string of the molecule is O=C(O)c1cc(N2CCCC(CO)C2)ccc1[N+](=O)[O-]. The number of aliphatic hydroxyl groups is 1. The van der Waals surface area contributed by atoms with Gasteiger partial charge in [0.25, 0.3) is 5.69 Å². The number of piperidine rings is 1. The van der Waals surface area contributed by atoms with E-state index < -0.39 is 16.6 Å². The molecule has 1 aromatic carbocycles. The van der Waals surface area contributed by atoms with E-state index >= 15 is 0 Å². The number of nitrogens with zero attached hydrogens (tertiary/aromatic N) is 2. The van der Waals surface area contributed by atoms with Crippen LogP contribution >= 0.6 is 0 Å². The Kier molecular flexibility index (Phi) is 4.19. The molecule has 1 heterocycles. The van der Waals surface area contributed by atoms with Gasteiger partial charge in [0.05, 0.1) is 4.92 Å². The Balaban J connectivity index is 2.31. The Hall–Kier alpha value is -2.15. The van der Waals surface area contributed by atoms with Crippen LogP contribution in [0.2, 0.25) is 0 Å². The smallest absolute Gasteiger partial charge is 0.342 e. The van der Waals surface area contributed by atoms with Crippen LogP contribution in [0.5, 0.6) is 0 Å². The number of rotatable bonds is 4. The number of carboxylic acids is 1. The zero-order chi connectivity index (χ0) is 14.7. The Morgan fingerprint density at radius 3 is 2.85 bits per heavy atom. The summed E-state index contributed by atoms with van der Waals surface area (Å²) in [6, 6.07) is 4.12. The van der Waals surface area contributed by atoms with Crippen molar-refractivity contribution in [2.45, 2.75) is 12.8 Å². The molecule has 7 nitrogen and oxygen atoms in total. The van der Waals surface area contributed by atoms with Gasteiger partial charge in [0.1, 0.15) is 5.56 Å². The summed E-state index contributed by atoms with van der Waals surface area (Å²) in [5.74, 6) is -1.15. The third kappa shape index (κ3) is 2.88. The molecule has 1 aliphatic heterocycles. The highest BCUT2D eigenvalue weighted by atomic mass is 16.6. The standard InChI is InChI=1S/C13H16N2O5/c16-8-9-2-1-5-14(7-9)10-3-4-12(15(19)20)11(6-10)13(17)18/h3-4,6,9,16H,1-2,5,7-8H2,(H,17,18).